The maximum atomic E-state index is 10.3. The third-order valence-electron chi connectivity index (χ3n) is 2.01. The molecule has 1 fully saturated rings. The summed E-state index contributed by atoms with van der Waals surface area (Å²) in [6.45, 7) is 0. The highest BCUT2D eigenvalue weighted by Crippen LogP contribution is 2.24. The van der Waals surface area contributed by atoms with E-state index in [1.54, 1.807) is 0 Å². The lowest BCUT2D eigenvalue weighted by Gasteiger charge is -2.24. The average Bonchev–Trinajstić information content (AvgIpc) is 1.94. The topological polar surface area (TPSA) is 63.4 Å². The van der Waals surface area contributed by atoms with Gasteiger partial charge in [0.2, 0.25) is 6.04 Å². The minimum atomic E-state index is -0.562. The van der Waals surface area contributed by atoms with Crippen LogP contribution in [0, 0.1) is 10.1 Å². The van der Waals surface area contributed by atoms with Crippen molar-refractivity contribution in [2.24, 2.45) is 0 Å². The Morgan fingerprint density at radius 1 is 1.55 bits per heavy atom. The molecule has 64 valence electrons. The van der Waals surface area contributed by atoms with Crippen molar-refractivity contribution in [1.82, 2.24) is 0 Å². The second-order valence-corrected chi connectivity index (χ2v) is 3.40. The van der Waals surface area contributed by atoms with Crippen molar-refractivity contribution in [3.63, 3.8) is 0 Å². The minimum absolute atomic E-state index is 0.287. The van der Waals surface area contributed by atoms with Crippen LogP contribution in [0.25, 0.3) is 0 Å². The summed E-state index contributed by atoms with van der Waals surface area (Å²) in [5, 5.41) is 18.9. The molecule has 1 aliphatic rings. The molecular weight excluding hydrogens is 170 g/mol. The van der Waals surface area contributed by atoms with Crippen LogP contribution in [0.15, 0.2) is 0 Å². The predicted molar refractivity (Wildman–Crippen MR) is 40.3 cm³/mol. The van der Waals surface area contributed by atoms with Crippen molar-refractivity contribution < 1.29 is 10.0 Å². The van der Waals surface area contributed by atoms with Gasteiger partial charge in [0.25, 0.3) is 0 Å². The Kier molecular flexibility index (Phi) is 2.67. The van der Waals surface area contributed by atoms with Crippen molar-refractivity contribution in [3.8, 4) is 0 Å². The van der Waals surface area contributed by atoms with Gasteiger partial charge in [0.05, 0.1) is 11.5 Å². The fraction of sp³-hybridized carbons (Fsp3) is 1.00. The van der Waals surface area contributed by atoms with E-state index in [9.17, 15) is 10.1 Å². The molecule has 0 aromatic rings. The number of nitro groups is 1. The Bertz CT molecular complexity index is 164. The maximum Gasteiger partial charge on any atom is 0.214 e. The summed E-state index contributed by atoms with van der Waals surface area (Å²) in [5.74, 6) is 0. The normalized spacial score (nSPS) is 38.5. The Balaban J connectivity index is 2.46. The van der Waals surface area contributed by atoms with E-state index in [1.165, 1.54) is 0 Å². The Hall–Kier alpha value is -0.350. The van der Waals surface area contributed by atoms with Crippen molar-refractivity contribution >= 4 is 11.6 Å². The van der Waals surface area contributed by atoms with Gasteiger partial charge in [0, 0.05) is 17.8 Å². The first-order chi connectivity index (χ1) is 5.11. The van der Waals surface area contributed by atoms with Gasteiger partial charge < -0.3 is 5.11 Å². The van der Waals surface area contributed by atoms with E-state index < -0.39 is 17.5 Å². The van der Waals surface area contributed by atoms with Crippen LogP contribution in [-0.4, -0.2) is 27.6 Å². The SMILES string of the molecule is O=[N+]([O-])C1CCC(O)C(Cl)C1. The van der Waals surface area contributed by atoms with Crippen LogP contribution in [0.1, 0.15) is 19.3 Å². The Labute approximate surface area is 69.3 Å². The van der Waals surface area contributed by atoms with Crippen molar-refractivity contribution in [2.45, 2.75) is 36.8 Å². The molecule has 0 heterocycles. The van der Waals surface area contributed by atoms with Crippen molar-refractivity contribution in [3.05, 3.63) is 10.1 Å². The van der Waals surface area contributed by atoms with Gasteiger partial charge >= 0.3 is 0 Å². The molecule has 0 spiro atoms. The van der Waals surface area contributed by atoms with Crippen LogP contribution in [-0.2, 0) is 0 Å². The highest BCUT2D eigenvalue weighted by atomic mass is 35.5. The van der Waals surface area contributed by atoms with Crippen LogP contribution in [0.2, 0.25) is 0 Å². The fourth-order valence-electron chi connectivity index (χ4n) is 1.27. The third-order valence-corrected chi connectivity index (χ3v) is 2.48. The number of alkyl halides is 1. The summed E-state index contributed by atoms with van der Waals surface area (Å²) in [4.78, 5) is 9.95. The quantitative estimate of drug-likeness (QED) is 0.368. The van der Waals surface area contributed by atoms with E-state index in [0.717, 1.165) is 0 Å². The predicted octanol–water partition coefficient (Wildman–Crippen LogP) is 0.784. The molecule has 0 aromatic carbocycles. The first-order valence-electron chi connectivity index (χ1n) is 3.57. The zero-order valence-corrected chi connectivity index (χ0v) is 6.70. The fourth-order valence-corrected chi connectivity index (χ4v) is 1.60. The number of hydrogen-bond donors (Lipinski definition) is 1. The zero-order chi connectivity index (χ0) is 8.43. The van der Waals surface area contributed by atoms with Crippen LogP contribution < -0.4 is 0 Å². The van der Waals surface area contributed by atoms with Crippen LogP contribution in [0.5, 0.6) is 0 Å². The van der Waals surface area contributed by atoms with Gasteiger partial charge in [0.1, 0.15) is 0 Å². The molecule has 1 saturated carbocycles. The van der Waals surface area contributed by atoms with Gasteiger partial charge in [-0.3, -0.25) is 10.1 Å². The van der Waals surface area contributed by atoms with Crippen LogP contribution in [0.3, 0.4) is 0 Å². The molecule has 0 amide bonds. The molecule has 0 aliphatic heterocycles. The molecule has 1 aliphatic carbocycles. The molecular formula is C6H10ClNO3. The van der Waals surface area contributed by atoms with Gasteiger partial charge in [-0.1, -0.05) is 0 Å². The third kappa shape index (κ3) is 2.04. The second-order valence-electron chi connectivity index (χ2n) is 2.84. The minimum Gasteiger partial charge on any atom is -0.392 e. The highest BCUT2D eigenvalue weighted by molar-refractivity contribution is 6.21. The number of rotatable bonds is 1. The summed E-state index contributed by atoms with van der Waals surface area (Å²) < 4.78 is 0. The number of aliphatic hydroxyl groups excluding tert-OH is 1. The molecule has 1 rings (SSSR count). The Morgan fingerprint density at radius 2 is 2.18 bits per heavy atom. The lowest BCUT2D eigenvalue weighted by atomic mass is 9.93. The molecule has 3 atom stereocenters. The van der Waals surface area contributed by atoms with Gasteiger partial charge in [-0.15, -0.1) is 11.6 Å². The molecule has 0 aromatic heterocycles. The molecule has 11 heavy (non-hydrogen) atoms. The van der Waals surface area contributed by atoms with Gasteiger partial charge in [-0.25, -0.2) is 0 Å². The standard InChI is InChI=1S/C6H10ClNO3/c7-5-3-4(8(10)11)1-2-6(5)9/h4-6,9H,1-3H2. The van der Waals surface area contributed by atoms with Gasteiger partial charge in [0.15, 0.2) is 0 Å². The van der Waals surface area contributed by atoms with E-state index >= 15 is 0 Å². The van der Waals surface area contributed by atoms with Gasteiger partial charge in [-0.2, -0.15) is 0 Å². The monoisotopic (exact) mass is 179 g/mol. The summed E-state index contributed by atoms with van der Waals surface area (Å²) >= 11 is 5.65. The van der Waals surface area contributed by atoms with Crippen molar-refractivity contribution in [2.75, 3.05) is 0 Å². The Morgan fingerprint density at radius 3 is 2.64 bits per heavy atom. The summed E-state index contributed by atoms with van der Waals surface area (Å²) in [5.41, 5.74) is 0. The largest absolute Gasteiger partial charge is 0.392 e. The van der Waals surface area contributed by atoms with Crippen LogP contribution >= 0.6 is 11.6 Å². The van der Waals surface area contributed by atoms with E-state index in [4.69, 9.17) is 16.7 Å². The molecule has 0 bridgehead atoms. The molecule has 3 unspecified atom stereocenters. The number of halogens is 1. The van der Waals surface area contributed by atoms with E-state index in [-0.39, 0.29) is 11.3 Å². The van der Waals surface area contributed by atoms with E-state index in [1.807, 2.05) is 0 Å². The summed E-state index contributed by atoms with van der Waals surface area (Å²) in [6, 6.07) is -0.555. The van der Waals surface area contributed by atoms with Gasteiger partial charge in [-0.05, 0) is 6.42 Å². The number of nitrogens with zero attached hydrogens (tertiary/aromatic N) is 1. The van der Waals surface area contributed by atoms with E-state index in [2.05, 4.69) is 0 Å². The number of hydrogen-bond acceptors (Lipinski definition) is 3. The first kappa shape index (κ1) is 8.74. The summed E-state index contributed by atoms with van der Waals surface area (Å²) in [7, 11) is 0. The second kappa shape index (κ2) is 3.36. The van der Waals surface area contributed by atoms with E-state index in [0.29, 0.717) is 12.8 Å². The first-order valence-corrected chi connectivity index (χ1v) is 4.00. The summed E-state index contributed by atoms with van der Waals surface area (Å²) in [6.07, 6.45) is 0.611. The lowest BCUT2D eigenvalue weighted by molar-refractivity contribution is -0.526. The molecule has 0 radical (unpaired) electrons. The number of aliphatic hydroxyl groups is 1. The van der Waals surface area contributed by atoms with Crippen molar-refractivity contribution in [1.29, 1.82) is 0 Å². The van der Waals surface area contributed by atoms with Crippen LogP contribution in [0.4, 0.5) is 0 Å². The molecule has 1 N–H and O–H groups in total. The maximum absolute atomic E-state index is 10.3. The molecule has 4 nitrogen and oxygen atoms in total. The average molecular weight is 180 g/mol. The lowest BCUT2D eigenvalue weighted by Crippen LogP contribution is -2.36. The zero-order valence-electron chi connectivity index (χ0n) is 5.94. The molecule has 5 heteroatoms. The molecule has 0 saturated heterocycles. The smallest absolute Gasteiger partial charge is 0.214 e. The highest BCUT2D eigenvalue weighted by Gasteiger charge is 2.33.